The van der Waals surface area contributed by atoms with Crippen LogP contribution in [-0.2, 0) is 0 Å². The summed E-state index contributed by atoms with van der Waals surface area (Å²) in [6.07, 6.45) is 2.49. The molecule has 1 atom stereocenters. The number of ether oxygens (including phenoxy) is 1. The first-order valence-corrected chi connectivity index (χ1v) is 11.5. The van der Waals surface area contributed by atoms with Gasteiger partial charge in [-0.2, -0.15) is 5.10 Å². The highest BCUT2D eigenvalue weighted by atomic mass is 16.5. The van der Waals surface area contributed by atoms with E-state index in [4.69, 9.17) is 4.74 Å². The van der Waals surface area contributed by atoms with Crippen molar-refractivity contribution in [3.8, 4) is 22.8 Å². The third kappa shape index (κ3) is 4.33. The Morgan fingerprint density at radius 1 is 1.18 bits per heavy atom. The minimum absolute atomic E-state index is 0.00638. The van der Waals surface area contributed by atoms with Gasteiger partial charge < -0.3 is 19.8 Å². The van der Waals surface area contributed by atoms with E-state index in [1.54, 1.807) is 4.90 Å². The number of hydrogen-bond donors (Lipinski definition) is 3. The normalized spacial score (nSPS) is 15.2. The van der Waals surface area contributed by atoms with Crippen molar-refractivity contribution in [3.05, 3.63) is 64.3 Å². The Balaban J connectivity index is 1.83. The summed E-state index contributed by atoms with van der Waals surface area (Å²) in [5, 5.41) is 27.6. The number of aromatic amines is 1. The SMILES string of the molecule is CCCCOc1cccc(C2c3c(-c4cc(C)cc(C)c4O)n[nH]c3C(=O)N2CCCO)c1. The summed E-state index contributed by atoms with van der Waals surface area (Å²) in [5.74, 6) is 0.748. The van der Waals surface area contributed by atoms with E-state index in [0.717, 1.165) is 40.8 Å². The van der Waals surface area contributed by atoms with Crippen LogP contribution in [0.3, 0.4) is 0 Å². The minimum atomic E-state index is -0.400. The Morgan fingerprint density at radius 2 is 2.00 bits per heavy atom. The molecular formula is C26H31N3O4. The van der Waals surface area contributed by atoms with E-state index >= 15 is 0 Å². The molecule has 2 heterocycles. The number of rotatable bonds is 9. The van der Waals surface area contributed by atoms with Gasteiger partial charge in [0.15, 0.2) is 0 Å². The maximum atomic E-state index is 13.3. The lowest BCUT2D eigenvalue weighted by Crippen LogP contribution is -2.31. The Kier molecular flexibility index (Phi) is 6.70. The van der Waals surface area contributed by atoms with Crippen molar-refractivity contribution in [1.82, 2.24) is 15.1 Å². The van der Waals surface area contributed by atoms with Crippen LogP contribution in [0.2, 0.25) is 0 Å². The highest BCUT2D eigenvalue weighted by Gasteiger charge is 2.42. The molecular weight excluding hydrogens is 418 g/mol. The number of aromatic nitrogens is 2. The third-order valence-corrected chi connectivity index (χ3v) is 6.06. The van der Waals surface area contributed by atoms with E-state index in [1.807, 2.05) is 50.2 Å². The van der Waals surface area contributed by atoms with Gasteiger partial charge in [-0.05, 0) is 61.6 Å². The Labute approximate surface area is 194 Å². The number of hydrogen-bond acceptors (Lipinski definition) is 5. The maximum absolute atomic E-state index is 13.3. The van der Waals surface area contributed by atoms with E-state index in [1.165, 1.54) is 0 Å². The molecule has 0 radical (unpaired) electrons. The second-order valence-corrected chi connectivity index (χ2v) is 8.59. The lowest BCUT2D eigenvalue weighted by atomic mass is 9.94. The van der Waals surface area contributed by atoms with Crippen LogP contribution >= 0.6 is 0 Å². The van der Waals surface area contributed by atoms with Crippen LogP contribution in [0.5, 0.6) is 11.5 Å². The van der Waals surface area contributed by atoms with Gasteiger partial charge in [0.1, 0.15) is 22.9 Å². The fourth-order valence-electron chi connectivity index (χ4n) is 4.47. The van der Waals surface area contributed by atoms with E-state index in [9.17, 15) is 15.0 Å². The number of phenolic OH excluding ortho intramolecular Hbond substituents is 1. The number of carbonyl (C=O) groups is 1. The molecule has 0 saturated carbocycles. The van der Waals surface area contributed by atoms with Crippen molar-refractivity contribution in [2.24, 2.45) is 0 Å². The summed E-state index contributed by atoms with van der Waals surface area (Å²) in [4.78, 5) is 15.1. The Hall–Kier alpha value is -3.32. The quantitative estimate of drug-likeness (QED) is 0.418. The lowest BCUT2D eigenvalue weighted by molar-refractivity contribution is 0.0732. The number of unbranched alkanes of at least 4 members (excludes halogenated alkanes) is 1. The first-order valence-electron chi connectivity index (χ1n) is 11.5. The number of nitrogens with one attached hydrogen (secondary N) is 1. The largest absolute Gasteiger partial charge is 0.507 e. The zero-order chi connectivity index (χ0) is 23.5. The molecule has 3 N–H and O–H groups in total. The van der Waals surface area contributed by atoms with Crippen LogP contribution in [0.25, 0.3) is 11.3 Å². The van der Waals surface area contributed by atoms with E-state index in [0.29, 0.717) is 36.5 Å². The smallest absolute Gasteiger partial charge is 0.273 e. The second kappa shape index (κ2) is 9.67. The summed E-state index contributed by atoms with van der Waals surface area (Å²) >= 11 is 0. The van der Waals surface area contributed by atoms with Crippen molar-refractivity contribution in [1.29, 1.82) is 0 Å². The molecule has 0 saturated heterocycles. The van der Waals surface area contributed by atoms with Crippen LogP contribution in [0.15, 0.2) is 36.4 Å². The second-order valence-electron chi connectivity index (χ2n) is 8.59. The van der Waals surface area contributed by atoms with Crippen LogP contribution in [-0.4, -0.2) is 51.0 Å². The van der Waals surface area contributed by atoms with E-state index in [2.05, 4.69) is 17.1 Å². The summed E-state index contributed by atoms with van der Waals surface area (Å²) in [6, 6.07) is 11.2. The van der Waals surface area contributed by atoms with Gasteiger partial charge in [0.05, 0.1) is 12.6 Å². The van der Waals surface area contributed by atoms with Crippen molar-refractivity contribution in [2.45, 2.75) is 46.1 Å². The first kappa shape index (κ1) is 22.9. The zero-order valence-corrected chi connectivity index (χ0v) is 19.4. The molecule has 1 unspecified atom stereocenters. The number of carbonyl (C=O) groups excluding carboxylic acids is 1. The van der Waals surface area contributed by atoms with Gasteiger partial charge in [-0.1, -0.05) is 31.5 Å². The molecule has 2 aromatic carbocycles. The average molecular weight is 450 g/mol. The number of H-pyrrole nitrogens is 1. The summed E-state index contributed by atoms with van der Waals surface area (Å²) < 4.78 is 5.92. The molecule has 1 aromatic heterocycles. The molecule has 7 heteroatoms. The molecule has 0 fully saturated rings. The number of nitrogens with zero attached hydrogens (tertiary/aromatic N) is 2. The van der Waals surface area contributed by atoms with Crippen molar-refractivity contribution in [2.75, 3.05) is 19.8 Å². The van der Waals surface area contributed by atoms with E-state index < -0.39 is 6.04 Å². The summed E-state index contributed by atoms with van der Waals surface area (Å²) in [5.41, 5.74) is 4.99. The van der Waals surface area contributed by atoms with Gasteiger partial charge in [0.2, 0.25) is 0 Å². The summed E-state index contributed by atoms with van der Waals surface area (Å²) in [7, 11) is 0. The fraction of sp³-hybridized carbons (Fsp3) is 0.385. The van der Waals surface area contributed by atoms with Crippen molar-refractivity contribution in [3.63, 3.8) is 0 Å². The predicted molar refractivity (Wildman–Crippen MR) is 127 cm³/mol. The standard InChI is InChI=1S/C26H31N3O4/c1-4-5-12-33-19-9-6-8-18(15-19)24-21-22(20-14-16(2)13-17(3)25(20)31)27-28-23(21)26(32)29(24)10-7-11-30/h6,8-9,13-15,24,30-31H,4-5,7,10-12H2,1-3H3,(H,27,28). The number of aromatic hydroxyl groups is 1. The number of amides is 1. The number of phenols is 1. The molecule has 0 bridgehead atoms. The van der Waals surface area contributed by atoms with Crippen molar-refractivity contribution >= 4 is 5.91 Å². The van der Waals surface area contributed by atoms with Crippen LogP contribution in [0.1, 0.15) is 65.0 Å². The topological polar surface area (TPSA) is 98.7 Å². The first-order chi connectivity index (χ1) is 16.0. The van der Waals surface area contributed by atoms with Crippen LogP contribution in [0.4, 0.5) is 0 Å². The average Bonchev–Trinajstić information content (AvgIpc) is 3.34. The molecule has 3 aromatic rings. The van der Waals surface area contributed by atoms with Gasteiger partial charge in [0.25, 0.3) is 5.91 Å². The third-order valence-electron chi connectivity index (χ3n) is 6.06. The minimum Gasteiger partial charge on any atom is -0.507 e. The molecule has 4 rings (SSSR count). The molecule has 1 aliphatic heterocycles. The molecule has 1 amide bonds. The summed E-state index contributed by atoms with van der Waals surface area (Å²) in [6.45, 7) is 6.97. The Morgan fingerprint density at radius 3 is 2.76 bits per heavy atom. The molecule has 0 spiro atoms. The monoisotopic (exact) mass is 449 g/mol. The van der Waals surface area contributed by atoms with Gasteiger partial charge in [-0.15, -0.1) is 0 Å². The van der Waals surface area contributed by atoms with Gasteiger partial charge in [-0.25, -0.2) is 0 Å². The molecule has 7 nitrogen and oxygen atoms in total. The Bertz CT molecular complexity index is 1150. The molecule has 174 valence electrons. The molecule has 0 aliphatic carbocycles. The zero-order valence-electron chi connectivity index (χ0n) is 19.4. The predicted octanol–water partition coefficient (Wildman–Crippen LogP) is 4.51. The van der Waals surface area contributed by atoms with Crippen LogP contribution in [0, 0.1) is 13.8 Å². The van der Waals surface area contributed by atoms with Gasteiger partial charge >= 0.3 is 0 Å². The number of aliphatic hydroxyl groups is 1. The van der Waals surface area contributed by atoms with Crippen molar-refractivity contribution < 1.29 is 19.7 Å². The number of aryl methyl sites for hydroxylation is 2. The molecule has 33 heavy (non-hydrogen) atoms. The highest BCUT2D eigenvalue weighted by Crippen LogP contribution is 2.45. The van der Waals surface area contributed by atoms with Crippen LogP contribution < -0.4 is 4.74 Å². The van der Waals surface area contributed by atoms with Gasteiger partial charge in [0, 0.05) is 24.3 Å². The maximum Gasteiger partial charge on any atom is 0.273 e. The van der Waals surface area contributed by atoms with E-state index in [-0.39, 0.29) is 18.3 Å². The number of fused-ring (bicyclic) bond motifs is 1. The number of benzene rings is 2. The number of aliphatic hydroxyl groups excluding tert-OH is 1. The van der Waals surface area contributed by atoms with Gasteiger partial charge in [-0.3, -0.25) is 9.89 Å². The highest BCUT2D eigenvalue weighted by molar-refractivity contribution is 6.00. The molecule has 1 aliphatic rings. The fourth-order valence-corrected chi connectivity index (χ4v) is 4.47. The lowest BCUT2D eigenvalue weighted by Gasteiger charge is -2.26.